The molecular weight excluding hydrogens is 254 g/mol. The summed E-state index contributed by atoms with van der Waals surface area (Å²) < 4.78 is 0. The number of hydrogen-bond donors (Lipinski definition) is 2. The first-order valence-corrected chi connectivity index (χ1v) is 6.04. The standard InChI is InChI=1S/C15H11N3O2/c19-15(20)10-4-3-5-11(8-10)17-14-9-16-12-6-1-2-7-13(12)18-14/h1-9H,(H,17,18)(H,19,20). The highest BCUT2D eigenvalue weighted by Crippen LogP contribution is 2.17. The molecule has 1 aromatic heterocycles. The van der Waals surface area contributed by atoms with Gasteiger partial charge in [-0.25, -0.2) is 9.78 Å². The van der Waals surface area contributed by atoms with Gasteiger partial charge in [-0.2, -0.15) is 0 Å². The van der Waals surface area contributed by atoms with E-state index in [0.29, 0.717) is 11.5 Å². The van der Waals surface area contributed by atoms with Crippen molar-refractivity contribution in [1.82, 2.24) is 9.97 Å². The number of aromatic nitrogens is 2. The van der Waals surface area contributed by atoms with E-state index >= 15 is 0 Å². The van der Waals surface area contributed by atoms with Crippen molar-refractivity contribution in [1.29, 1.82) is 0 Å². The summed E-state index contributed by atoms with van der Waals surface area (Å²) in [6.45, 7) is 0. The van der Waals surface area contributed by atoms with Crippen LogP contribution in [0.4, 0.5) is 11.5 Å². The summed E-state index contributed by atoms with van der Waals surface area (Å²) in [5, 5.41) is 12.0. The van der Waals surface area contributed by atoms with Gasteiger partial charge < -0.3 is 10.4 Å². The predicted octanol–water partition coefficient (Wildman–Crippen LogP) is 3.07. The zero-order valence-electron chi connectivity index (χ0n) is 10.4. The molecule has 0 saturated carbocycles. The lowest BCUT2D eigenvalue weighted by atomic mass is 10.2. The SMILES string of the molecule is O=C(O)c1cccc(Nc2cnc3ccccc3n2)c1. The van der Waals surface area contributed by atoms with E-state index in [2.05, 4.69) is 15.3 Å². The number of aromatic carboxylic acids is 1. The van der Waals surface area contributed by atoms with Crippen LogP contribution in [0.25, 0.3) is 11.0 Å². The van der Waals surface area contributed by atoms with Crippen LogP contribution in [0.5, 0.6) is 0 Å². The Bertz CT molecular complexity index is 787. The molecule has 2 aromatic carbocycles. The van der Waals surface area contributed by atoms with Gasteiger partial charge in [-0.1, -0.05) is 18.2 Å². The Hall–Kier alpha value is -2.95. The van der Waals surface area contributed by atoms with Crippen molar-refractivity contribution in [3.63, 3.8) is 0 Å². The van der Waals surface area contributed by atoms with Crippen molar-refractivity contribution in [2.75, 3.05) is 5.32 Å². The first-order chi connectivity index (χ1) is 9.72. The van der Waals surface area contributed by atoms with Gasteiger partial charge in [0.15, 0.2) is 0 Å². The quantitative estimate of drug-likeness (QED) is 0.761. The summed E-state index contributed by atoms with van der Waals surface area (Å²) >= 11 is 0. The number of hydrogen-bond acceptors (Lipinski definition) is 4. The van der Waals surface area contributed by atoms with Gasteiger partial charge in [0.25, 0.3) is 0 Å². The normalized spacial score (nSPS) is 10.4. The van der Waals surface area contributed by atoms with E-state index < -0.39 is 5.97 Å². The second-order valence-electron chi connectivity index (χ2n) is 4.25. The second-order valence-corrected chi connectivity index (χ2v) is 4.25. The summed E-state index contributed by atoms with van der Waals surface area (Å²) in [5.41, 5.74) is 2.49. The summed E-state index contributed by atoms with van der Waals surface area (Å²) in [6, 6.07) is 14.1. The molecule has 0 aliphatic rings. The fourth-order valence-corrected chi connectivity index (χ4v) is 1.90. The molecule has 0 unspecified atom stereocenters. The largest absolute Gasteiger partial charge is 0.478 e. The zero-order valence-corrected chi connectivity index (χ0v) is 10.4. The summed E-state index contributed by atoms with van der Waals surface area (Å²) in [5.74, 6) is -0.385. The molecule has 2 N–H and O–H groups in total. The Morgan fingerprint density at radius 3 is 2.65 bits per heavy atom. The highest BCUT2D eigenvalue weighted by Gasteiger charge is 2.04. The number of anilines is 2. The average molecular weight is 265 g/mol. The molecule has 1 heterocycles. The number of carbonyl (C=O) groups is 1. The van der Waals surface area contributed by atoms with E-state index in [4.69, 9.17) is 5.11 Å². The third-order valence-electron chi connectivity index (χ3n) is 2.83. The van der Waals surface area contributed by atoms with Crippen LogP contribution in [0.2, 0.25) is 0 Å². The molecule has 0 amide bonds. The molecule has 5 nitrogen and oxygen atoms in total. The zero-order chi connectivity index (χ0) is 13.9. The molecule has 3 rings (SSSR count). The molecule has 0 saturated heterocycles. The third-order valence-corrected chi connectivity index (χ3v) is 2.83. The van der Waals surface area contributed by atoms with Gasteiger partial charge in [0, 0.05) is 5.69 Å². The molecule has 0 aliphatic carbocycles. The Labute approximate surface area is 114 Å². The molecule has 0 atom stereocenters. The minimum Gasteiger partial charge on any atom is -0.478 e. The highest BCUT2D eigenvalue weighted by molar-refractivity contribution is 5.89. The van der Waals surface area contributed by atoms with Gasteiger partial charge in [0.05, 0.1) is 22.8 Å². The third kappa shape index (κ3) is 2.42. The van der Waals surface area contributed by atoms with E-state index in [1.54, 1.807) is 30.5 Å². The van der Waals surface area contributed by atoms with Crippen molar-refractivity contribution in [3.05, 3.63) is 60.3 Å². The van der Waals surface area contributed by atoms with Crippen molar-refractivity contribution >= 4 is 28.5 Å². The van der Waals surface area contributed by atoms with E-state index in [9.17, 15) is 4.79 Å². The molecule has 0 radical (unpaired) electrons. The van der Waals surface area contributed by atoms with E-state index in [0.717, 1.165) is 11.0 Å². The number of carboxylic acids is 1. The molecule has 98 valence electrons. The molecular formula is C15H11N3O2. The highest BCUT2D eigenvalue weighted by atomic mass is 16.4. The number of benzene rings is 2. The van der Waals surface area contributed by atoms with Crippen LogP contribution in [0.15, 0.2) is 54.7 Å². The van der Waals surface area contributed by atoms with Crippen molar-refractivity contribution in [2.45, 2.75) is 0 Å². The van der Waals surface area contributed by atoms with Crippen molar-refractivity contribution in [2.24, 2.45) is 0 Å². The van der Waals surface area contributed by atoms with Gasteiger partial charge in [-0.3, -0.25) is 4.98 Å². The monoisotopic (exact) mass is 265 g/mol. The molecule has 0 spiro atoms. The minimum atomic E-state index is -0.960. The lowest BCUT2D eigenvalue weighted by Crippen LogP contribution is -1.99. The smallest absolute Gasteiger partial charge is 0.335 e. The van der Waals surface area contributed by atoms with Gasteiger partial charge in [0.1, 0.15) is 5.82 Å². The number of carboxylic acid groups (broad SMARTS) is 1. The van der Waals surface area contributed by atoms with E-state index in [-0.39, 0.29) is 5.56 Å². The molecule has 0 fully saturated rings. The minimum absolute atomic E-state index is 0.226. The van der Waals surface area contributed by atoms with Gasteiger partial charge in [-0.05, 0) is 30.3 Å². The molecule has 5 heteroatoms. The fraction of sp³-hybridized carbons (Fsp3) is 0. The first-order valence-electron chi connectivity index (χ1n) is 6.04. The van der Waals surface area contributed by atoms with Gasteiger partial charge >= 0.3 is 5.97 Å². The van der Waals surface area contributed by atoms with Crippen LogP contribution in [-0.4, -0.2) is 21.0 Å². The molecule has 20 heavy (non-hydrogen) atoms. The molecule has 0 aliphatic heterocycles. The number of rotatable bonds is 3. The molecule has 0 bridgehead atoms. The number of nitrogens with zero attached hydrogens (tertiary/aromatic N) is 2. The van der Waals surface area contributed by atoms with Crippen LogP contribution < -0.4 is 5.32 Å². The number of nitrogens with one attached hydrogen (secondary N) is 1. The van der Waals surface area contributed by atoms with Crippen molar-refractivity contribution < 1.29 is 9.90 Å². The predicted molar refractivity (Wildman–Crippen MR) is 76.2 cm³/mol. The molecule has 3 aromatic rings. The summed E-state index contributed by atoms with van der Waals surface area (Å²) in [4.78, 5) is 19.6. The van der Waals surface area contributed by atoms with Crippen LogP contribution in [-0.2, 0) is 0 Å². The maximum atomic E-state index is 10.9. The van der Waals surface area contributed by atoms with Crippen LogP contribution in [0.1, 0.15) is 10.4 Å². The Kier molecular flexibility index (Phi) is 3.01. The fourth-order valence-electron chi connectivity index (χ4n) is 1.90. The van der Waals surface area contributed by atoms with Crippen LogP contribution in [0, 0.1) is 0 Å². The van der Waals surface area contributed by atoms with Crippen LogP contribution >= 0.6 is 0 Å². The maximum Gasteiger partial charge on any atom is 0.335 e. The van der Waals surface area contributed by atoms with Crippen LogP contribution in [0.3, 0.4) is 0 Å². The summed E-state index contributed by atoms with van der Waals surface area (Å²) in [7, 11) is 0. The maximum absolute atomic E-state index is 10.9. The number of fused-ring (bicyclic) bond motifs is 1. The number of para-hydroxylation sites is 2. The summed E-state index contributed by atoms with van der Waals surface area (Å²) in [6.07, 6.45) is 1.62. The second kappa shape index (κ2) is 4.97. The van der Waals surface area contributed by atoms with Gasteiger partial charge in [-0.15, -0.1) is 0 Å². The average Bonchev–Trinajstić information content (AvgIpc) is 2.47. The van der Waals surface area contributed by atoms with E-state index in [1.807, 2.05) is 24.3 Å². The Morgan fingerprint density at radius 2 is 1.85 bits per heavy atom. The lowest BCUT2D eigenvalue weighted by molar-refractivity contribution is 0.0697. The Morgan fingerprint density at radius 1 is 1.05 bits per heavy atom. The Balaban J connectivity index is 1.92. The topological polar surface area (TPSA) is 75.1 Å². The lowest BCUT2D eigenvalue weighted by Gasteiger charge is -2.06. The van der Waals surface area contributed by atoms with Crippen molar-refractivity contribution in [3.8, 4) is 0 Å². The van der Waals surface area contributed by atoms with E-state index in [1.165, 1.54) is 0 Å². The first kappa shape index (κ1) is 12.1. The van der Waals surface area contributed by atoms with Gasteiger partial charge in [0.2, 0.25) is 0 Å².